The molecule has 0 amide bonds. The van der Waals surface area contributed by atoms with Crippen molar-refractivity contribution in [1.82, 2.24) is 0 Å². The molecule has 0 bridgehead atoms. The van der Waals surface area contributed by atoms with Crippen LogP contribution in [0.15, 0.2) is 0 Å². The highest BCUT2D eigenvalue weighted by molar-refractivity contribution is 8.21. The van der Waals surface area contributed by atoms with E-state index in [0.717, 1.165) is 29.9 Å². The van der Waals surface area contributed by atoms with E-state index in [1.165, 1.54) is 6.92 Å². The van der Waals surface area contributed by atoms with Crippen molar-refractivity contribution < 1.29 is 12.9 Å². The van der Waals surface area contributed by atoms with Gasteiger partial charge in [-0.3, -0.25) is 0 Å². The third-order valence-corrected chi connectivity index (χ3v) is 5.03. The van der Waals surface area contributed by atoms with Crippen molar-refractivity contribution in [3.63, 3.8) is 0 Å². The third kappa shape index (κ3) is 2.02. The Morgan fingerprint density at radius 3 is 1.91 bits per heavy atom. The van der Waals surface area contributed by atoms with E-state index in [4.69, 9.17) is 0 Å². The summed E-state index contributed by atoms with van der Waals surface area (Å²) in [6.07, 6.45) is 0.900. The second-order valence-electron chi connectivity index (χ2n) is 2.64. The predicted octanol–water partition coefficient (Wildman–Crippen LogP) is 2.96. The van der Waals surface area contributed by atoms with Gasteiger partial charge in [0.15, 0.2) is 0 Å². The smallest absolute Gasteiger partial charge is 0.448 e. The van der Waals surface area contributed by atoms with Crippen molar-refractivity contribution in [3.05, 3.63) is 0 Å². The van der Waals surface area contributed by atoms with Gasteiger partial charge in [-0.2, -0.15) is 23.5 Å². The summed E-state index contributed by atoms with van der Waals surface area (Å²) in [6, 6.07) is 0. The molecular weight excluding hydrogens is 192 g/mol. The lowest BCUT2D eigenvalue weighted by Crippen LogP contribution is -2.43. The number of thioether (sulfide) groups is 2. The van der Waals surface area contributed by atoms with Crippen molar-refractivity contribution in [2.75, 3.05) is 11.5 Å². The van der Waals surface area contributed by atoms with Crippen LogP contribution in [0.3, 0.4) is 0 Å². The minimum absolute atomic E-state index is 0.644. The lowest BCUT2D eigenvalue weighted by Gasteiger charge is -2.40. The number of halogens is 3. The van der Waals surface area contributed by atoms with Gasteiger partial charge in [0.1, 0.15) is 0 Å². The lowest BCUT2D eigenvalue weighted by molar-refractivity contribution is 0.460. The molecule has 1 heterocycles. The Morgan fingerprint density at radius 1 is 1.18 bits per heavy atom. The molecule has 0 aromatic heterocycles. The first kappa shape index (κ1) is 9.64. The summed E-state index contributed by atoms with van der Waals surface area (Å²) in [7, 11) is 0. The molecule has 0 saturated carbocycles. The molecule has 0 aromatic rings. The van der Waals surface area contributed by atoms with Gasteiger partial charge in [0.25, 0.3) is 0 Å². The molecule has 1 aliphatic rings. The van der Waals surface area contributed by atoms with Gasteiger partial charge < -0.3 is 12.9 Å². The van der Waals surface area contributed by atoms with Crippen LogP contribution in [-0.4, -0.2) is 22.5 Å². The molecule has 1 aliphatic heterocycles. The van der Waals surface area contributed by atoms with Crippen molar-refractivity contribution in [2.24, 2.45) is 0 Å². The topological polar surface area (TPSA) is 0 Å². The molecule has 1 rings (SSSR count). The highest BCUT2D eigenvalue weighted by Gasteiger charge is 2.47. The van der Waals surface area contributed by atoms with Crippen LogP contribution in [0.5, 0.6) is 0 Å². The highest BCUT2D eigenvalue weighted by Crippen LogP contribution is 2.49. The van der Waals surface area contributed by atoms with Crippen LogP contribution >= 0.6 is 23.5 Å². The van der Waals surface area contributed by atoms with Gasteiger partial charge in [0.2, 0.25) is 0 Å². The molecule has 11 heavy (non-hydrogen) atoms. The standard InChI is InChI=1S/C5H9BF3S2/c1-5(6(7,8)9)10-3-2-4-11-5/h2-4H2,1H3/q-1. The summed E-state index contributed by atoms with van der Waals surface area (Å²) in [5, 5.41) is 0. The van der Waals surface area contributed by atoms with Crippen molar-refractivity contribution in [2.45, 2.75) is 17.3 Å². The highest BCUT2D eigenvalue weighted by atomic mass is 32.2. The monoisotopic (exact) mass is 201 g/mol. The number of hydrogen-bond donors (Lipinski definition) is 0. The van der Waals surface area contributed by atoms with Crippen LogP contribution in [-0.2, 0) is 0 Å². The average Bonchev–Trinajstić information content (AvgIpc) is 1.87. The minimum Gasteiger partial charge on any atom is -0.448 e. The largest absolute Gasteiger partial charge is 0.503 e. The van der Waals surface area contributed by atoms with E-state index >= 15 is 0 Å². The maximum Gasteiger partial charge on any atom is 0.503 e. The molecule has 6 heteroatoms. The molecule has 0 unspecified atom stereocenters. The quantitative estimate of drug-likeness (QED) is 0.598. The second kappa shape index (κ2) is 3.13. The lowest BCUT2D eigenvalue weighted by atomic mass is 9.86. The molecule has 1 fully saturated rings. The van der Waals surface area contributed by atoms with E-state index in [-0.39, 0.29) is 0 Å². The molecule has 66 valence electrons. The van der Waals surface area contributed by atoms with E-state index in [1.807, 2.05) is 0 Å². The summed E-state index contributed by atoms with van der Waals surface area (Å²) in [6.45, 7) is -3.40. The van der Waals surface area contributed by atoms with Crippen LogP contribution in [0.2, 0.25) is 0 Å². The maximum absolute atomic E-state index is 12.3. The zero-order chi connectivity index (χ0) is 8.54. The molecule has 0 N–H and O–H groups in total. The van der Waals surface area contributed by atoms with Gasteiger partial charge in [-0.1, -0.05) is 6.92 Å². The van der Waals surface area contributed by atoms with Crippen LogP contribution in [0, 0.1) is 0 Å². The van der Waals surface area contributed by atoms with Gasteiger partial charge >= 0.3 is 6.98 Å². The summed E-state index contributed by atoms with van der Waals surface area (Å²) in [4.78, 5) is 0. The van der Waals surface area contributed by atoms with Crippen molar-refractivity contribution in [3.8, 4) is 0 Å². The Kier molecular flexibility index (Phi) is 2.74. The van der Waals surface area contributed by atoms with Crippen LogP contribution < -0.4 is 0 Å². The first-order chi connectivity index (χ1) is 4.96. The van der Waals surface area contributed by atoms with Crippen LogP contribution in [0.4, 0.5) is 12.9 Å². The Labute approximate surface area is 72.7 Å². The van der Waals surface area contributed by atoms with Crippen LogP contribution in [0.1, 0.15) is 13.3 Å². The predicted molar refractivity (Wildman–Crippen MR) is 47.0 cm³/mol. The second-order valence-corrected chi connectivity index (χ2v) is 5.99. The average molecular weight is 201 g/mol. The molecule has 0 spiro atoms. The molecular formula is C5H9BF3S2-. The van der Waals surface area contributed by atoms with Gasteiger partial charge in [0, 0.05) is 3.98 Å². The summed E-state index contributed by atoms with van der Waals surface area (Å²) >= 11 is 2.08. The fourth-order valence-corrected chi connectivity index (χ4v) is 3.62. The normalized spacial score (nSPS) is 25.1. The molecule has 0 aromatic carbocycles. The molecule has 0 radical (unpaired) electrons. The third-order valence-electron chi connectivity index (χ3n) is 1.66. The number of hydrogen-bond acceptors (Lipinski definition) is 2. The van der Waals surface area contributed by atoms with E-state index in [2.05, 4.69) is 0 Å². The number of rotatable bonds is 1. The zero-order valence-electron chi connectivity index (χ0n) is 6.15. The fourth-order valence-electron chi connectivity index (χ4n) is 0.839. The van der Waals surface area contributed by atoms with Gasteiger partial charge in [0.05, 0.1) is 0 Å². The van der Waals surface area contributed by atoms with Gasteiger partial charge in [-0.25, -0.2) is 0 Å². The van der Waals surface area contributed by atoms with Gasteiger partial charge in [-0.05, 0) is 17.9 Å². The van der Waals surface area contributed by atoms with Crippen LogP contribution in [0.25, 0.3) is 0 Å². The van der Waals surface area contributed by atoms with Gasteiger partial charge in [-0.15, -0.1) is 0 Å². The fraction of sp³-hybridized carbons (Fsp3) is 1.00. The van der Waals surface area contributed by atoms with E-state index in [0.29, 0.717) is 11.5 Å². The summed E-state index contributed by atoms with van der Waals surface area (Å²) < 4.78 is 35.6. The first-order valence-corrected chi connectivity index (χ1v) is 5.40. The van der Waals surface area contributed by atoms with E-state index in [9.17, 15) is 12.9 Å². The minimum atomic E-state index is -4.69. The van der Waals surface area contributed by atoms with E-state index in [1.54, 1.807) is 0 Å². The SMILES string of the molecule is CC1([B-](F)(F)F)SCCCS1. The molecule has 0 atom stereocenters. The molecule has 1 saturated heterocycles. The summed E-state index contributed by atoms with van der Waals surface area (Å²) in [5.74, 6) is 1.29. The summed E-state index contributed by atoms with van der Waals surface area (Å²) in [5.41, 5.74) is 0. The Morgan fingerprint density at radius 2 is 1.64 bits per heavy atom. The Bertz CT molecular complexity index is 141. The van der Waals surface area contributed by atoms with Crippen molar-refractivity contribution in [1.29, 1.82) is 0 Å². The Hall–Kier alpha value is 0.555. The Balaban J connectivity index is 2.64. The molecule has 0 aliphatic carbocycles. The zero-order valence-corrected chi connectivity index (χ0v) is 7.78. The van der Waals surface area contributed by atoms with E-state index < -0.39 is 11.0 Å². The maximum atomic E-state index is 12.3. The van der Waals surface area contributed by atoms with Crippen molar-refractivity contribution >= 4 is 30.5 Å². The molecule has 0 nitrogen and oxygen atoms in total. The first-order valence-electron chi connectivity index (χ1n) is 3.43.